The van der Waals surface area contributed by atoms with Crippen molar-refractivity contribution in [3.8, 4) is 5.75 Å². The predicted octanol–water partition coefficient (Wildman–Crippen LogP) is 7.66. The first-order valence-electron chi connectivity index (χ1n) is 15.2. The lowest BCUT2D eigenvalue weighted by molar-refractivity contribution is -0.325. The molecule has 3 atom stereocenters. The maximum Gasteiger partial charge on any atom is 0.220 e. The molecule has 0 bridgehead atoms. The topological polar surface area (TPSA) is 57.2 Å². The van der Waals surface area contributed by atoms with E-state index >= 15 is 0 Å². The normalized spacial score (nSPS) is 21.5. The molecular weight excluding hydrogens is 604 g/mol. The van der Waals surface area contributed by atoms with Crippen LogP contribution in [0.15, 0.2) is 95.5 Å². The van der Waals surface area contributed by atoms with Gasteiger partial charge in [0.05, 0.1) is 33.0 Å². The van der Waals surface area contributed by atoms with Crippen molar-refractivity contribution in [2.45, 2.75) is 69.7 Å². The molecule has 0 aromatic heterocycles. The molecule has 1 saturated heterocycles. The molecule has 6 rings (SSSR count). The lowest BCUT2D eigenvalue weighted by Crippen LogP contribution is -2.51. The first kappa shape index (κ1) is 30.0. The van der Waals surface area contributed by atoms with Gasteiger partial charge in [0, 0.05) is 10.0 Å². The van der Waals surface area contributed by atoms with Crippen LogP contribution in [0.3, 0.4) is 0 Å². The van der Waals surface area contributed by atoms with Gasteiger partial charge >= 0.3 is 0 Å². The van der Waals surface area contributed by atoms with Crippen molar-refractivity contribution >= 4 is 15.9 Å². The van der Waals surface area contributed by atoms with Gasteiger partial charge in [0.15, 0.2) is 0 Å². The second-order valence-corrected chi connectivity index (χ2v) is 12.3. The Bertz CT molecular complexity index is 1490. The summed E-state index contributed by atoms with van der Waals surface area (Å²) in [6.45, 7) is 1.32. The molecule has 1 aliphatic heterocycles. The lowest BCUT2D eigenvalue weighted by atomic mass is 9.85. The Labute approximate surface area is 262 Å². The molecule has 0 radical (unpaired) electrons. The van der Waals surface area contributed by atoms with Crippen LogP contribution in [0.5, 0.6) is 5.75 Å². The van der Waals surface area contributed by atoms with Crippen LogP contribution in [0.2, 0.25) is 0 Å². The minimum absolute atomic E-state index is 0.254. The van der Waals surface area contributed by atoms with E-state index in [2.05, 4.69) is 46.3 Å². The van der Waals surface area contributed by atoms with E-state index in [-0.39, 0.29) is 6.10 Å². The molecule has 5 nitrogen and oxygen atoms in total. The van der Waals surface area contributed by atoms with Gasteiger partial charge in [-0.15, -0.1) is 0 Å². The van der Waals surface area contributed by atoms with Crippen LogP contribution in [0.4, 0.5) is 0 Å². The van der Waals surface area contributed by atoms with Gasteiger partial charge in [0.2, 0.25) is 5.79 Å². The van der Waals surface area contributed by atoms with Gasteiger partial charge in [-0.3, -0.25) is 0 Å². The molecule has 0 saturated carbocycles. The largest absolute Gasteiger partial charge is 0.497 e. The minimum Gasteiger partial charge on any atom is -0.497 e. The zero-order valence-corrected chi connectivity index (χ0v) is 26.2. The van der Waals surface area contributed by atoms with Gasteiger partial charge in [-0.05, 0) is 90.1 Å². The number of benzene rings is 4. The highest BCUT2D eigenvalue weighted by atomic mass is 79.9. The summed E-state index contributed by atoms with van der Waals surface area (Å²) in [6.07, 6.45) is 4.28. The van der Waals surface area contributed by atoms with Crippen molar-refractivity contribution in [2.24, 2.45) is 0 Å². The summed E-state index contributed by atoms with van der Waals surface area (Å²) < 4.78 is 25.7. The van der Waals surface area contributed by atoms with E-state index in [4.69, 9.17) is 18.9 Å². The molecule has 4 aromatic carbocycles. The Hall–Kier alpha value is -3.00. The Morgan fingerprint density at radius 3 is 2.21 bits per heavy atom. The zero-order valence-electron chi connectivity index (χ0n) is 24.6. The molecule has 43 heavy (non-hydrogen) atoms. The quantitative estimate of drug-likeness (QED) is 0.182. The van der Waals surface area contributed by atoms with E-state index in [1.54, 1.807) is 7.11 Å². The fourth-order valence-electron chi connectivity index (χ4n) is 6.34. The Balaban J connectivity index is 1.30. The number of aliphatic hydroxyl groups is 1. The highest BCUT2D eigenvalue weighted by molar-refractivity contribution is 9.10. The van der Waals surface area contributed by atoms with Gasteiger partial charge in [-0.25, -0.2) is 0 Å². The molecule has 1 N–H and O–H groups in total. The van der Waals surface area contributed by atoms with E-state index in [1.165, 1.54) is 16.7 Å². The Morgan fingerprint density at radius 1 is 0.837 bits per heavy atom. The fraction of sp³-hybridized carbons (Fsp3) is 0.351. The third kappa shape index (κ3) is 6.89. The van der Waals surface area contributed by atoms with E-state index in [0.717, 1.165) is 64.6 Å². The number of hydrogen-bond acceptors (Lipinski definition) is 5. The maximum absolute atomic E-state index is 12.6. The molecule has 1 fully saturated rings. The summed E-state index contributed by atoms with van der Waals surface area (Å²) >= 11 is 3.94. The van der Waals surface area contributed by atoms with E-state index < -0.39 is 11.9 Å². The van der Waals surface area contributed by atoms with Crippen LogP contribution in [0.25, 0.3) is 0 Å². The van der Waals surface area contributed by atoms with Crippen LogP contribution in [-0.4, -0.2) is 31.0 Å². The van der Waals surface area contributed by atoms with Gasteiger partial charge < -0.3 is 24.1 Å². The molecule has 0 spiro atoms. The fourth-order valence-corrected chi connectivity index (χ4v) is 7.03. The SMILES string of the molecule is COc1ccc(Cc2cc(C3(O)OC(COCc4ccccc4)CCC3OCc3ccccc3)c3c(c2Br)CCC3)cc1. The molecule has 224 valence electrons. The minimum atomic E-state index is -1.60. The average molecular weight is 644 g/mol. The number of hydrogen-bond donors (Lipinski definition) is 1. The van der Waals surface area contributed by atoms with Crippen molar-refractivity contribution in [2.75, 3.05) is 13.7 Å². The molecule has 4 aromatic rings. The second-order valence-electron chi connectivity index (χ2n) is 11.5. The molecule has 1 aliphatic carbocycles. The van der Waals surface area contributed by atoms with Gasteiger partial charge in [-0.2, -0.15) is 0 Å². The third-order valence-corrected chi connectivity index (χ3v) is 9.58. The molecule has 0 amide bonds. The van der Waals surface area contributed by atoms with Crippen LogP contribution in [-0.2, 0) is 52.5 Å². The van der Waals surface area contributed by atoms with Crippen LogP contribution < -0.4 is 4.74 Å². The van der Waals surface area contributed by atoms with Crippen molar-refractivity contribution < 1.29 is 24.1 Å². The zero-order chi connectivity index (χ0) is 29.6. The molecule has 6 heteroatoms. The standard InChI is InChI=1S/C37H39BrO5/c1-40-30-17-15-26(16-18-30)21-29-22-34(32-13-8-14-33(32)36(29)38)37(39)35(42-24-28-11-6-3-7-12-28)20-19-31(43-37)25-41-23-27-9-4-2-5-10-27/h2-7,9-12,15-18,22,31,35,39H,8,13-14,19-21,23-25H2,1H3. The highest BCUT2D eigenvalue weighted by Crippen LogP contribution is 2.45. The number of ether oxygens (including phenoxy) is 4. The summed E-state index contributed by atoms with van der Waals surface area (Å²) in [5.41, 5.74) is 7.76. The summed E-state index contributed by atoms with van der Waals surface area (Å²) in [5.74, 6) is -0.765. The maximum atomic E-state index is 12.6. The summed E-state index contributed by atoms with van der Waals surface area (Å²) in [5, 5.41) is 12.6. The Kier molecular flexibility index (Phi) is 9.61. The third-order valence-electron chi connectivity index (χ3n) is 8.59. The molecule has 1 heterocycles. The summed E-state index contributed by atoms with van der Waals surface area (Å²) in [6, 6.07) is 30.6. The van der Waals surface area contributed by atoms with Crippen molar-refractivity contribution in [3.05, 3.63) is 134 Å². The van der Waals surface area contributed by atoms with Crippen LogP contribution in [0, 0.1) is 0 Å². The highest BCUT2D eigenvalue weighted by Gasteiger charge is 2.48. The number of methoxy groups -OCH3 is 1. The smallest absolute Gasteiger partial charge is 0.220 e. The Morgan fingerprint density at radius 2 is 1.51 bits per heavy atom. The van der Waals surface area contributed by atoms with E-state index in [9.17, 15) is 5.11 Å². The molecule has 2 aliphatic rings. The van der Waals surface area contributed by atoms with Crippen molar-refractivity contribution in [1.82, 2.24) is 0 Å². The average Bonchev–Trinajstić information content (AvgIpc) is 3.54. The van der Waals surface area contributed by atoms with Gasteiger partial charge in [-0.1, -0.05) is 88.7 Å². The van der Waals surface area contributed by atoms with Gasteiger partial charge in [0.25, 0.3) is 0 Å². The van der Waals surface area contributed by atoms with Gasteiger partial charge in [0.1, 0.15) is 11.9 Å². The van der Waals surface area contributed by atoms with Crippen molar-refractivity contribution in [3.63, 3.8) is 0 Å². The summed E-state index contributed by atoms with van der Waals surface area (Å²) in [7, 11) is 1.68. The van der Waals surface area contributed by atoms with Crippen molar-refractivity contribution in [1.29, 1.82) is 0 Å². The van der Waals surface area contributed by atoms with E-state index in [1.807, 2.05) is 60.7 Å². The number of rotatable bonds is 11. The monoisotopic (exact) mass is 642 g/mol. The molecular formula is C37H39BrO5. The second kappa shape index (κ2) is 13.7. The number of halogens is 1. The van der Waals surface area contributed by atoms with E-state index in [0.29, 0.717) is 26.2 Å². The summed E-state index contributed by atoms with van der Waals surface area (Å²) in [4.78, 5) is 0. The van der Waals surface area contributed by atoms with Crippen LogP contribution >= 0.6 is 15.9 Å². The first-order chi connectivity index (χ1) is 21.0. The first-order valence-corrected chi connectivity index (χ1v) is 16.0. The predicted molar refractivity (Wildman–Crippen MR) is 171 cm³/mol. The van der Waals surface area contributed by atoms with Crippen LogP contribution in [0.1, 0.15) is 58.2 Å². The lowest BCUT2D eigenvalue weighted by Gasteiger charge is -2.44. The number of fused-ring (bicyclic) bond motifs is 1. The molecule has 3 unspecified atom stereocenters.